The highest BCUT2D eigenvalue weighted by atomic mass is 35.5. The molecule has 2 aromatic heterocycles. The molecule has 0 saturated heterocycles. The molecule has 1 amide bonds. The van der Waals surface area contributed by atoms with Crippen LogP contribution in [-0.4, -0.2) is 71.0 Å². The summed E-state index contributed by atoms with van der Waals surface area (Å²) in [6.07, 6.45) is 0. The number of para-hydroxylation sites is 1. The highest BCUT2D eigenvalue weighted by Gasteiger charge is 2.29. The van der Waals surface area contributed by atoms with E-state index in [9.17, 15) is 14.4 Å². The molecule has 0 unspecified atom stereocenters. The van der Waals surface area contributed by atoms with E-state index in [1.807, 2.05) is 30.3 Å². The second-order valence-corrected chi connectivity index (χ2v) is 9.12. The summed E-state index contributed by atoms with van der Waals surface area (Å²) >= 11 is 0. The Bertz CT molecular complexity index is 1510. The minimum Gasteiger partial charge on any atom is -0.493 e. The molecule has 0 aliphatic rings. The van der Waals surface area contributed by atoms with Crippen molar-refractivity contribution in [3.63, 3.8) is 0 Å². The number of Topliss-reactive ketones (excluding diaryl/α,β-unsaturated/α-hetero) is 1. The van der Waals surface area contributed by atoms with E-state index in [0.29, 0.717) is 34.2 Å². The fourth-order valence-electron chi connectivity index (χ4n) is 4.89. The van der Waals surface area contributed by atoms with E-state index in [1.54, 1.807) is 47.8 Å². The van der Waals surface area contributed by atoms with Crippen molar-refractivity contribution in [3.8, 4) is 5.75 Å². The van der Waals surface area contributed by atoms with E-state index in [1.165, 1.54) is 11.7 Å². The zero-order valence-electron chi connectivity index (χ0n) is 22.6. The Morgan fingerprint density at radius 1 is 0.947 bits per heavy atom. The van der Waals surface area contributed by atoms with Gasteiger partial charge in [0.15, 0.2) is 17.2 Å². The zero-order valence-corrected chi connectivity index (χ0v) is 23.4. The number of aryl methyl sites for hydroxylation is 1. The third-order valence-corrected chi connectivity index (χ3v) is 7.06. The van der Waals surface area contributed by atoms with Crippen LogP contribution in [0.4, 0.5) is 0 Å². The van der Waals surface area contributed by atoms with Crippen molar-refractivity contribution >= 4 is 45.9 Å². The number of ether oxygens (including phenoxy) is 1. The molecule has 38 heavy (non-hydrogen) atoms. The number of methoxy groups -OCH3 is 1. The van der Waals surface area contributed by atoms with Crippen LogP contribution in [0.1, 0.15) is 34.7 Å². The summed E-state index contributed by atoms with van der Waals surface area (Å²) in [7, 11) is 5.01. The lowest BCUT2D eigenvalue weighted by Crippen LogP contribution is -2.37. The molecule has 4 aromatic rings. The number of fused-ring (bicyclic) bond motifs is 3. The van der Waals surface area contributed by atoms with Crippen molar-refractivity contribution in [2.45, 2.75) is 20.4 Å². The number of rotatable bonds is 10. The number of benzene rings is 2. The summed E-state index contributed by atoms with van der Waals surface area (Å²) in [5.74, 6) is -0.165. The highest BCUT2D eigenvalue weighted by molar-refractivity contribution is 6.12. The number of carbonyl (C=O) groups is 2. The largest absolute Gasteiger partial charge is 0.493 e. The topological polar surface area (TPSA) is 76.8 Å². The van der Waals surface area contributed by atoms with Crippen molar-refractivity contribution in [2.24, 2.45) is 7.05 Å². The van der Waals surface area contributed by atoms with Crippen LogP contribution in [0.15, 0.2) is 59.4 Å². The van der Waals surface area contributed by atoms with Crippen LogP contribution in [-0.2, 0) is 13.6 Å². The standard InChI is InChI=1S/C29H34N4O4.ClH/c1-6-32(7-2)18-17-30(3)29(36)26-27(37-5)24-25(31(26)4)21-15-11-12-16-22(21)33(28(24)35)19-23(34)20-13-9-8-10-14-20;/h8-16H,6-7,17-19H2,1-5H3;1H. The lowest BCUT2D eigenvalue weighted by Gasteiger charge is -2.23. The Balaban J connectivity index is 0.00000400. The maximum atomic E-state index is 13.9. The zero-order chi connectivity index (χ0) is 26.7. The number of halogens is 1. The molecule has 4 rings (SSSR count). The van der Waals surface area contributed by atoms with Gasteiger partial charge in [-0.05, 0) is 19.2 Å². The molecule has 0 saturated carbocycles. The van der Waals surface area contributed by atoms with Crippen LogP contribution in [0.25, 0.3) is 21.8 Å². The Morgan fingerprint density at radius 3 is 2.21 bits per heavy atom. The van der Waals surface area contributed by atoms with E-state index in [4.69, 9.17) is 4.74 Å². The molecule has 202 valence electrons. The van der Waals surface area contributed by atoms with Crippen LogP contribution in [0.3, 0.4) is 0 Å². The first-order valence-corrected chi connectivity index (χ1v) is 12.6. The molecule has 0 aliphatic heterocycles. The van der Waals surface area contributed by atoms with Gasteiger partial charge in [0, 0.05) is 38.1 Å². The molecule has 0 aliphatic carbocycles. The Morgan fingerprint density at radius 2 is 1.58 bits per heavy atom. The predicted molar refractivity (Wildman–Crippen MR) is 154 cm³/mol. The number of hydrogen-bond acceptors (Lipinski definition) is 5. The third-order valence-electron chi connectivity index (χ3n) is 7.06. The molecule has 2 heterocycles. The monoisotopic (exact) mass is 538 g/mol. The number of ketones is 1. The highest BCUT2D eigenvalue weighted by Crippen LogP contribution is 2.35. The smallest absolute Gasteiger partial charge is 0.274 e. The van der Waals surface area contributed by atoms with Crippen LogP contribution >= 0.6 is 12.4 Å². The van der Waals surface area contributed by atoms with Gasteiger partial charge in [0.2, 0.25) is 0 Å². The van der Waals surface area contributed by atoms with Gasteiger partial charge in [0.25, 0.3) is 11.5 Å². The number of amides is 1. The van der Waals surface area contributed by atoms with Crippen molar-refractivity contribution in [3.05, 3.63) is 76.2 Å². The molecule has 8 nitrogen and oxygen atoms in total. The number of likely N-dealkylation sites (N-methyl/N-ethyl adjacent to an activating group) is 2. The lowest BCUT2D eigenvalue weighted by molar-refractivity contribution is 0.0767. The summed E-state index contributed by atoms with van der Waals surface area (Å²) in [6, 6.07) is 16.4. The molecule has 0 N–H and O–H groups in total. The van der Waals surface area contributed by atoms with Crippen LogP contribution in [0, 0.1) is 0 Å². The van der Waals surface area contributed by atoms with Crippen LogP contribution in [0.2, 0.25) is 0 Å². The summed E-state index contributed by atoms with van der Waals surface area (Å²) in [6.45, 7) is 7.17. The fourth-order valence-corrected chi connectivity index (χ4v) is 4.89. The van der Waals surface area contributed by atoms with Crippen molar-refractivity contribution in [2.75, 3.05) is 40.3 Å². The quantitative estimate of drug-likeness (QED) is 0.283. The second kappa shape index (κ2) is 12.3. The average molecular weight is 539 g/mol. The number of aromatic nitrogens is 2. The molecule has 2 aromatic carbocycles. The number of hydrogen-bond donors (Lipinski definition) is 0. The van der Waals surface area contributed by atoms with E-state index in [2.05, 4.69) is 18.7 Å². The van der Waals surface area contributed by atoms with Crippen LogP contribution in [0.5, 0.6) is 5.75 Å². The molecule has 0 spiro atoms. The fraction of sp³-hybridized carbons (Fsp3) is 0.345. The molecular weight excluding hydrogens is 504 g/mol. The van der Waals surface area contributed by atoms with Crippen molar-refractivity contribution in [1.82, 2.24) is 18.9 Å². The van der Waals surface area contributed by atoms with Gasteiger partial charge in [-0.3, -0.25) is 19.0 Å². The summed E-state index contributed by atoms with van der Waals surface area (Å²) in [4.78, 5) is 44.6. The number of nitrogens with zero attached hydrogens (tertiary/aromatic N) is 4. The number of carbonyl (C=O) groups excluding carboxylic acids is 2. The van der Waals surface area contributed by atoms with E-state index >= 15 is 0 Å². The Labute approximate surface area is 228 Å². The molecule has 0 fully saturated rings. The summed E-state index contributed by atoms with van der Waals surface area (Å²) in [5.41, 5.74) is 1.72. The summed E-state index contributed by atoms with van der Waals surface area (Å²) < 4.78 is 8.94. The van der Waals surface area contributed by atoms with E-state index < -0.39 is 0 Å². The Kier molecular flexibility index (Phi) is 9.36. The SMILES string of the molecule is CCN(CC)CCN(C)C(=O)c1c(OC)c2c(=O)n(CC(=O)c3ccccc3)c3ccccc3c2n1C.Cl. The maximum absolute atomic E-state index is 13.9. The molecule has 0 radical (unpaired) electrons. The van der Waals surface area contributed by atoms with Gasteiger partial charge in [-0.25, -0.2) is 0 Å². The second-order valence-electron chi connectivity index (χ2n) is 9.12. The average Bonchev–Trinajstić information content (AvgIpc) is 3.23. The third kappa shape index (κ3) is 5.19. The lowest BCUT2D eigenvalue weighted by atomic mass is 10.1. The molecule has 9 heteroatoms. The van der Waals surface area contributed by atoms with E-state index in [0.717, 1.165) is 25.0 Å². The first-order chi connectivity index (χ1) is 17.8. The normalized spacial score (nSPS) is 11.1. The van der Waals surface area contributed by atoms with Gasteiger partial charge in [-0.2, -0.15) is 0 Å². The molecular formula is C29H35ClN4O4. The van der Waals surface area contributed by atoms with Crippen LogP contribution < -0.4 is 10.3 Å². The summed E-state index contributed by atoms with van der Waals surface area (Å²) in [5, 5.41) is 1.06. The number of pyridine rings is 1. The first-order valence-electron chi connectivity index (χ1n) is 12.6. The maximum Gasteiger partial charge on any atom is 0.274 e. The van der Waals surface area contributed by atoms with Crippen molar-refractivity contribution < 1.29 is 14.3 Å². The predicted octanol–water partition coefficient (Wildman–Crippen LogP) is 4.22. The molecule has 0 atom stereocenters. The molecule has 0 bridgehead atoms. The minimum absolute atomic E-state index is 0. The van der Waals surface area contributed by atoms with Gasteiger partial charge in [0.05, 0.1) is 24.7 Å². The van der Waals surface area contributed by atoms with Gasteiger partial charge in [0.1, 0.15) is 5.39 Å². The minimum atomic E-state index is -0.365. The van der Waals surface area contributed by atoms with Gasteiger partial charge in [-0.1, -0.05) is 62.4 Å². The van der Waals surface area contributed by atoms with Gasteiger partial charge < -0.3 is 19.1 Å². The van der Waals surface area contributed by atoms with Gasteiger partial charge >= 0.3 is 0 Å². The van der Waals surface area contributed by atoms with Gasteiger partial charge in [-0.15, -0.1) is 12.4 Å². The Hall–Kier alpha value is -3.62. The van der Waals surface area contributed by atoms with E-state index in [-0.39, 0.29) is 42.0 Å². The first kappa shape index (κ1) is 28.9. The van der Waals surface area contributed by atoms with Crippen molar-refractivity contribution in [1.29, 1.82) is 0 Å².